The summed E-state index contributed by atoms with van der Waals surface area (Å²) < 4.78 is 0. The minimum Gasteiger partial charge on any atom is -0.388 e. The number of carbonyl (C=O) groups is 1. The van der Waals surface area contributed by atoms with E-state index in [2.05, 4.69) is 0 Å². The minimum absolute atomic E-state index is 0.0950. The second-order valence-corrected chi connectivity index (χ2v) is 6.35. The van der Waals surface area contributed by atoms with Crippen molar-refractivity contribution in [1.82, 2.24) is 4.90 Å². The normalized spacial score (nSPS) is 17.0. The highest BCUT2D eigenvalue weighted by Crippen LogP contribution is 2.31. The van der Waals surface area contributed by atoms with Gasteiger partial charge in [0.05, 0.1) is 6.10 Å². The average molecular weight is 309 g/mol. The molecule has 23 heavy (non-hydrogen) atoms. The maximum atomic E-state index is 12.5. The topological polar surface area (TPSA) is 40.5 Å². The van der Waals surface area contributed by atoms with Gasteiger partial charge in [0.2, 0.25) is 0 Å². The summed E-state index contributed by atoms with van der Waals surface area (Å²) in [5.74, 6) is 0.317. The van der Waals surface area contributed by atoms with Crippen molar-refractivity contribution in [3.63, 3.8) is 0 Å². The van der Waals surface area contributed by atoms with E-state index in [1.165, 1.54) is 0 Å². The van der Waals surface area contributed by atoms with Crippen LogP contribution in [0.2, 0.25) is 0 Å². The SMILES string of the molecule is Cc1ccc(C(=O)N2CCC([C@@H](O)c3ccccc3)CC2)cc1. The number of aliphatic hydroxyl groups excluding tert-OH is 1. The third-order valence-electron chi connectivity index (χ3n) is 4.71. The molecule has 1 amide bonds. The smallest absolute Gasteiger partial charge is 0.253 e. The summed E-state index contributed by atoms with van der Waals surface area (Å²) in [7, 11) is 0. The lowest BCUT2D eigenvalue weighted by molar-refractivity contribution is 0.0462. The molecule has 1 aliphatic rings. The molecule has 0 saturated carbocycles. The van der Waals surface area contributed by atoms with Crippen molar-refractivity contribution in [2.45, 2.75) is 25.9 Å². The molecular weight excluding hydrogens is 286 g/mol. The van der Waals surface area contributed by atoms with Gasteiger partial charge in [0, 0.05) is 18.7 Å². The molecule has 1 saturated heterocycles. The van der Waals surface area contributed by atoms with Crippen molar-refractivity contribution in [3.05, 3.63) is 71.3 Å². The summed E-state index contributed by atoms with van der Waals surface area (Å²) in [6.45, 7) is 3.44. The van der Waals surface area contributed by atoms with Gasteiger partial charge in [0.25, 0.3) is 5.91 Å². The second-order valence-electron chi connectivity index (χ2n) is 6.35. The first-order valence-corrected chi connectivity index (χ1v) is 8.24. The van der Waals surface area contributed by atoms with Gasteiger partial charge >= 0.3 is 0 Å². The number of hydrogen-bond donors (Lipinski definition) is 1. The maximum Gasteiger partial charge on any atom is 0.253 e. The fourth-order valence-corrected chi connectivity index (χ4v) is 3.22. The Labute approximate surface area is 137 Å². The lowest BCUT2D eigenvalue weighted by atomic mass is 9.87. The van der Waals surface area contributed by atoms with Gasteiger partial charge in [0.15, 0.2) is 0 Å². The molecule has 1 atom stereocenters. The van der Waals surface area contributed by atoms with Crippen LogP contribution < -0.4 is 0 Å². The molecule has 3 nitrogen and oxygen atoms in total. The molecule has 3 heteroatoms. The molecule has 1 N–H and O–H groups in total. The van der Waals surface area contributed by atoms with E-state index in [1.807, 2.05) is 66.4 Å². The quantitative estimate of drug-likeness (QED) is 0.941. The number of nitrogens with zero attached hydrogens (tertiary/aromatic N) is 1. The van der Waals surface area contributed by atoms with Crippen molar-refractivity contribution in [2.24, 2.45) is 5.92 Å². The Hall–Kier alpha value is -2.13. The molecule has 1 heterocycles. The number of carbonyl (C=O) groups excluding carboxylic acids is 1. The van der Waals surface area contributed by atoms with Gasteiger partial charge in [-0.1, -0.05) is 48.0 Å². The van der Waals surface area contributed by atoms with Crippen LogP contribution in [0.4, 0.5) is 0 Å². The van der Waals surface area contributed by atoms with Crippen molar-refractivity contribution in [2.75, 3.05) is 13.1 Å². The molecule has 2 aromatic rings. The molecule has 1 fully saturated rings. The van der Waals surface area contributed by atoms with Gasteiger partial charge in [0.1, 0.15) is 0 Å². The van der Waals surface area contributed by atoms with Gasteiger partial charge in [-0.2, -0.15) is 0 Å². The molecule has 120 valence electrons. The Kier molecular flexibility index (Phi) is 4.77. The minimum atomic E-state index is -0.437. The first-order chi connectivity index (χ1) is 11.1. The van der Waals surface area contributed by atoms with Crippen LogP contribution in [0.25, 0.3) is 0 Å². The van der Waals surface area contributed by atoms with Crippen LogP contribution in [0.15, 0.2) is 54.6 Å². The number of benzene rings is 2. The van der Waals surface area contributed by atoms with Crippen LogP contribution in [0.1, 0.15) is 40.4 Å². The van der Waals surface area contributed by atoms with E-state index in [0.29, 0.717) is 13.1 Å². The highest BCUT2D eigenvalue weighted by molar-refractivity contribution is 5.94. The lowest BCUT2D eigenvalue weighted by Gasteiger charge is -2.34. The summed E-state index contributed by atoms with van der Waals surface area (Å²) in [5.41, 5.74) is 2.87. The molecule has 0 unspecified atom stereocenters. The van der Waals surface area contributed by atoms with Gasteiger partial charge < -0.3 is 10.0 Å². The lowest BCUT2D eigenvalue weighted by Crippen LogP contribution is -2.39. The Morgan fingerprint density at radius 3 is 2.26 bits per heavy atom. The largest absolute Gasteiger partial charge is 0.388 e. The van der Waals surface area contributed by atoms with Crippen LogP contribution in [-0.4, -0.2) is 29.0 Å². The van der Waals surface area contributed by atoms with Gasteiger partial charge in [-0.3, -0.25) is 4.79 Å². The third-order valence-corrected chi connectivity index (χ3v) is 4.71. The number of amides is 1. The highest BCUT2D eigenvalue weighted by atomic mass is 16.3. The molecule has 0 aromatic heterocycles. The van der Waals surface area contributed by atoms with E-state index in [9.17, 15) is 9.90 Å². The fourth-order valence-electron chi connectivity index (χ4n) is 3.22. The van der Waals surface area contributed by atoms with Crippen molar-refractivity contribution in [3.8, 4) is 0 Å². The predicted molar refractivity (Wildman–Crippen MR) is 91.2 cm³/mol. The Bertz CT molecular complexity index is 643. The number of piperidine rings is 1. The van der Waals surface area contributed by atoms with E-state index in [4.69, 9.17) is 0 Å². The Morgan fingerprint density at radius 1 is 1.04 bits per heavy atom. The summed E-state index contributed by atoms with van der Waals surface area (Å²) >= 11 is 0. The highest BCUT2D eigenvalue weighted by Gasteiger charge is 2.28. The van der Waals surface area contributed by atoms with Crippen LogP contribution >= 0.6 is 0 Å². The van der Waals surface area contributed by atoms with Crippen molar-refractivity contribution < 1.29 is 9.90 Å². The van der Waals surface area contributed by atoms with Crippen LogP contribution in [0.5, 0.6) is 0 Å². The molecular formula is C20H23NO2. The Balaban J connectivity index is 1.60. The number of rotatable bonds is 3. The van der Waals surface area contributed by atoms with Crippen LogP contribution in [0, 0.1) is 12.8 Å². The Morgan fingerprint density at radius 2 is 1.65 bits per heavy atom. The number of likely N-dealkylation sites (tertiary alicyclic amines) is 1. The van der Waals surface area contributed by atoms with E-state index >= 15 is 0 Å². The zero-order valence-electron chi connectivity index (χ0n) is 13.5. The second kappa shape index (κ2) is 6.97. The van der Waals surface area contributed by atoms with E-state index < -0.39 is 6.10 Å². The standard InChI is InChI=1S/C20H23NO2/c1-15-7-9-18(10-8-15)20(23)21-13-11-17(12-14-21)19(22)16-5-3-2-4-6-16/h2-10,17,19,22H,11-14H2,1H3/t19-/m0/s1. The van der Waals surface area contributed by atoms with Gasteiger partial charge in [-0.15, -0.1) is 0 Å². The van der Waals surface area contributed by atoms with Crippen molar-refractivity contribution >= 4 is 5.91 Å². The average Bonchev–Trinajstić information content (AvgIpc) is 2.62. The first-order valence-electron chi connectivity index (χ1n) is 8.24. The first kappa shape index (κ1) is 15.8. The van der Waals surface area contributed by atoms with Gasteiger partial charge in [-0.25, -0.2) is 0 Å². The fraction of sp³-hybridized carbons (Fsp3) is 0.350. The molecule has 2 aromatic carbocycles. The van der Waals surface area contributed by atoms with E-state index in [1.54, 1.807) is 0 Å². The summed E-state index contributed by atoms with van der Waals surface area (Å²) in [6.07, 6.45) is 1.24. The number of aliphatic hydroxyl groups is 1. The number of aryl methyl sites for hydroxylation is 1. The predicted octanol–water partition coefficient (Wildman–Crippen LogP) is 3.58. The molecule has 0 bridgehead atoms. The maximum absolute atomic E-state index is 12.5. The summed E-state index contributed by atoms with van der Waals surface area (Å²) in [6, 6.07) is 17.5. The molecule has 0 aliphatic carbocycles. The molecule has 0 radical (unpaired) electrons. The zero-order chi connectivity index (χ0) is 16.2. The molecule has 0 spiro atoms. The zero-order valence-corrected chi connectivity index (χ0v) is 13.5. The van der Waals surface area contributed by atoms with E-state index in [0.717, 1.165) is 29.5 Å². The van der Waals surface area contributed by atoms with Crippen LogP contribution in [0.3, 0.4) is 0 Å². The van der Waals surface area contributed by atoms with E-state index in [-0.39, 0.29) is 11.8 Å². The monoisotopic (exact) mass is 309 g/mol. The number of hydrogen-bond acceptors (Lipinski definition) is 2. The molecule has 1 aliphatic heterocycles. The van der Waals surface area contributed by atoms with Crippen LogP contribution in [-0.2, 0) is 0 Å². The van der Waals surface area contributed by atoms with Gasteiger partial charge in [-0.05, 0) is 43.4 Å². The third kappa shape index (κ3) is 3.62. The summed E-state index contributed by atoms with van der Waals surface area (Å²) in [5, 5.41) is 10.5. The van der Waals surface area contributed by atoms with Crippen molar-refractivity contribution in [1.29, 1.82) is 0 Å². The molecule has 3 rings (SSSR count). The summed E-state index contributed by atoms with van der Waals surface area (Å²) in [4.78, 5) is 14.4.